The van der Waals surface area contributed by atoms with Crippen LogP contribution in [-0.2, 0) is 0 Å². The van der Waals surface area contributed by atoms with Crippen LogP contribution in [0, 0.1) is 0 Å². The van der Waals surface area contributed by atoms with Gasteiger partial charge in [-0.15, -0.1) is 11.3 Å². The van der Waals surface area contributed by atoms with Gasteiger partial charge in [0.15, 0.2) is 5.13 Å². The first-order chi connectivity index (χ1) is 14.2. The summed E-state index contributed by atoms with van der Waals surface area (Å²) in [5, 5.41) is 5.90. The summed E-state index contributed by atoms with van der Waals surface area (Å²) in [6, 6.07) is 19.7. The zero-order valence-corrected chi connectivity index (χ0v) is 16.3. The molecule has 7 heteroatoms. The Labute approximate surface area is 171 Å². The van der Waals surface area contributed by atoms with Crippen LogP contribution in [0.1, 0.15) is 10.4 Å². The lowest BCUT2D eigenvalue weighted by molar-refractivity contribution is 0.0735. The van der Waals surface area contributed by atoms with Gasteiger partial charge in [0.25, 0.3) is 0 Å². The summed E-state index contributed by atoms with van der Waals surface area (Å²) < 4.78 is 10.6. The van der Waals surface area contributed by atoms with E-state index >= 15 is 0 Å². The Hall–Kier alpha value is -3.71. The number of aromatic nitrogens is 2. The standard InChI is InChI=1S/C22H17N3O3S/c1-27-17-10-8-15(9-11-17)21(26)28-18-6-4-5-16(13-18)24-22-25-20(14-29-22)19-7-2-3-12-23-19/h2-14H,1H3,(H,24,25). The maximum atomic E-state index is 12.3. The summed E-state index contributed by atoms with van der Waals surface area (Å²) in [5.74, 6) is 0.690. The average Bonchev–Trinajstić information content (AvgIpc) is 3.23. The van der Waals surface area contributed by atoms with Crippen LogP contribution in [0.4, 0.5) is 10.8 Å². The molecule has 0 aliphatic heterocycles. The van der Waals surface area contributed by atoms with Crippen LogP contribution >= 0.6 is 11.3 Å². The average molecular weight is 403 g/mol. The molecule has 2 aromatic heterocycles. The second kappa shape index (κ2) is 8.53. The zero-order chi connectivity index (χ0) is 20.1. The molecule has 4 rings (SSSR count). The third-order valence-corrected chi connectivity index (χ3v) is 4.81. The van der Waals surface area contributed by atoms with Gasteiger partial charge in [-0.3, -0.25) is 4.98 Å². The predicted octanol–water partition coefficient (Wildman–Crippen LogP) is 5.18. The quantitative estimate of drug-likeness (QED) is 0.353. The molecule has 0 bridgehead atoms. The lowest BCUT2D eigenvalue weighted by atomic mass is 10.2. The van der Waals surface area contributed by atoms with Gasteiger partial charge in [0.1, 0.15) is 17.2 Å². The number of pyridine rings is 1. The summed E-state index contributed by atoms with van der Waals surface area (Å²) >= 11 is 1.48. The van der Waals surface area contributed by atoms with Crippen LogP contribution in [0.3, 0.4) is 0 Å². The number of nitrogens with zero attached hydrogens (tertiary/aromatic N) is 2. The minimum Gasteiger partial charge on any atom is -0.497 e. The first kappa shape index (κ1) is 18.6. The molecular weight excluding hydrogens is 386 g/mol. The Morgan fingerprint density at radius 3 is 2.59 bits per heavy atom. The van der Waals surface area contributed by atoms with Crippen molar-refractivity contribution in [2.24, 2.45) is 0 Å². The van der Waals surface area contributed by atoms with E-state index in [1.165, 1.54) is 11.3 Å². The zero-order valence-electron chi connectivity index (χ0n) is 15.5. The van der Waals surface area contributed by atoms with Crippen molar-refractivity contribution in [1.82, 2.24) is 9.97 Å². The van der Waals surface area contributed by atoms with E-state index in [-0.39, 0.29) is 0 Å². The van der Waals surface area contributed by atoms with Crippen LogP contribution in [0.15, 0.2) is 78.3 Å². The number of thiazole rings is 1. The smallest absolute Gasteiger partial charge is 0.343 e. The number of ether oxygens (including phenoxy) is 2. The third-order valence-electron chi connectivity index (χ3n) is 4.05. The maximum absolute atomic E-state index is 12.3. The SMILES string of the molecule is COc1ccc(C(=O)Oc2cccc(Nc3nc(-c4ccccn4)cs3)c2)cc1. The van der Waals surface area contributed by atoms with E-state index < -0.39 is 5.97 Å². The van der Waals surface area contributed by atoms with Gasteiger partial charge >= 0.3 is 5.97 Å². The number of esters is 1. The first-order valence-electron chi connectivity index (χ1n) is 8.81. The van der Waals surface area contributed by atoms with Crippen molar-refractivity contribution < 1.29 is 14.3 Å². The molecule has 0 aliphatic carbocycles. The highest BCUT2D eigenvalue weighted by atomic mass is 32.1. The van der Waals surface area contributed by atoms with Gasteiger partial charge in [-0.1, -0.05) is 12.1 Å². The molecule has 0 saturated carbocycles. The van der Waals surface area contributed by atoms with Gasteiger partial charge in [-0.25, -0.2) is 9.78 Å². The van der Waals surface area contributed by atoms with Crippen LogP contribution in [-0.4, -0.2) is 23.0 Å². The summed E-state index contributed by atoms with van der Waals surface area (Å²) in [5.41, 5.74) is 2.84. The highest BCUT2D eigenvalue weighted by Gasteiger charge is 2.10. The number of benzene rings is 2. The summed E-state index contributed by atoms with van der Waals surface area (Å²) in [4.78, 5) is 21.2. The Morgan fingerprint density at radius 1 is 0.966 bits per heavy atom. The van der Waals surface area contributed by atoms with E-state index in [0.29, 0.717) is 17.1 Å². The van der Waals surface area contributed by atoms with Crippen LogP contribution in [0.2, 0.25) is 0 Å². The van der Waals surface area contributed by atoms with Crippen molar-refractivity contribution in [2.45, 2.75) is 0 Å². The topological polar surface area (TPSA) is 73.3 Å². The van der Waals surface area contributed by atoms with E-state index in [1.807, 2.05) is 35.7 Å². The lowest BCUT2D eigenvalue weighted by Gasteiger charge is -2.08. The highest BCUT2D eigenvalue weighted by Crippen LogP contribution is 2.27. The van der Waals surface area contributed by atoms with Crippen molar-refractivity contribution in [3.05, 3.63) is 83.9 Å². The first-order valence-corrected chi connectivity index (χ1v) is 9.69. The normalized spacial score (nSPS) is 10.4. The Kier molecular flexibility index (Phi) is 5.49. The summed E-state index contributed by atoms with van der Waals surface area (Å²) in [6.07, 6.45) is 1.74. The summed E-state index contributed by atoms with van der Waals surface area (Å²) in [7, 11) is 1.58. The molecule has 0 saturated heterocycles. The Balaban J connectivity index is 1.45. The van der Waals surface area contributed by atoms with Crippen molar-refractivity contribution in [1.29, 1.82) is 0 Å². The fraction of sp³-hybridized carbons (Fsp3) is 0.0455. The van der Waals surface area contributed by atoms with Crippen LogP contribution < -0.4 is 14.8 Å². The third kappa shape index (κ3) is 4.59. The Morgan fingerprint density at radius 2 is 1.83 bits per heavy atom. The van der Waals surface area contributed by atoms with Gasteiger partial charge < -0.3 is 14.8 Å². The molecule has 0 amide bonds. The Bertz CT molecular complexity index is 1110. The van der Waals surface area contributed by atoms with E-state index in [1.54, 1.807) is 49.7 Å². The molecule has 0 radical (unpaired) electrons. The lowest BCUT2D eigenvalue weighted by Crippen LogP contribution is -2.08. The van der Waals surface area contributed by atoms with Crippen molar-refractivity contribution in [2.75, 3.05) is 12.4 Å². The monoisotopic (exact) mass is 403 g/mol. The van der Waals surface area contributed by atoms with Gasteiger partial charge in [-0.2, -0.15) is 0 Å². The molecule has 0 spiro atoms. The van der Waals surface area contributed by atoms with E-state index in [4.69, 9.17) is 9.47 Å². The van der Waals surface area contributed by atoms with Crippen molar-refractivity contribution >= 4 is 28.1 Å². The molecule has 0 fully saturated rings. The largest absolute Gasteiger partial charge is 0.497 e. The molecule has 2 aromatic carbocycles. The molecule has 0 atom stereocenters. The molecule has 29 heavy (non-hydrogen) atoms. The minimum atomic E-state index is -0.434. The number of carbonyl (C=O) groups excluding carboxylic acids is 1. The van der Waals surface area contributed by atoms with Gasteiger partial charge in [0.2, 0.25) is 0 Å². The number of anilines is 2. The van der Waals surface area contributed by atoms with Crippen LogP contribution in [0.25, 0.3) is 11.4 Å². The highest BCUT2D eigenvalue weighted by molar-refractivity contribution is 7.14. The number of nitrogens with one attached hydrogen (secondary N) is 1. The van der Waals surface area contributed by atoms with E-state index in [0.717, 1.165) is 22.2 Å². The van der Waals surface area contributed by atoms with Gasteiger partial charge in [0.05, 0.1) is 18.4 Å². The van der Waals surface area contributed by atoms with E-state index in [9.17, 15) is 4.79 Å². The molecule has 0 aliphatic rings. The second-order valence-corrected chi connectivity index (χ2v) is 6.88. The fourth-order valence-corrected chi connectivity index (χ4v) is 3.34. The summed E-state index contributed by atoms with van der Waals surface area (Å²) in [6.45, 7) is 0. The fourth-order valence-electron chi connectivity index (χ4n) is 2.62. The van der Waals surface area contributed by atoms with E-state index in [2.05, 4.69) is 15.3 Å². The molecule has 144 valence electrons. The van der Waals surface area contributed by atoms with Gasteiger partial charge in [-0.05, 0) is 48.5 Å². The van der Waals surface area contributed by atoms with Crippen molar-refractivity contribution in [3.63, 3.8) is 0 Å². The number of carbonyl (C=O) groups is 1. The number of rotatable bonds is 6. The van der Waals surface area contributed by atoms with Crippen molar-refractivity contribution in [3.8, 4) is 22.9 Å². The molecule has 1 N–H and O–H groups in total. The molecule has 0 unspecified atom stereocenters. The van der Waals surface area contributed by atoms with Gasteiger partial charge in [0, 0.05) is 23.3 Å². The number of hydrogen-bond donors (Lipinski definition) is 1. The number of hydrogen-bond acceptors (Lipinski definition) is 7. The maximum Gasteiger partial charge on any atom is 0.343 e. The molecule has 6 nitrogen and oxygen atoms in total. The number of methoxy groups -OCH3 is 1. The second-order valence-electron chi connectivity index (χ2n) is 6.02. The molecule has 2 heterocycles. The minimum absolute atomic E-state index is 0.434. The predicted molar refractivity (Wildman–Crippen MR) is 113 cm³/mol. The van der Waals surface area contributed by atoms with Crippen LogP contribution in [0.5, 0.6) is 11.5 Å². The molecular formula is C22H17N3O3S. The molecule has 4 aromatic rings.